The Morgan fingerprint density at radius 3 is 2.74 bits per heavy atom. The lowest BCUT2D eigenvalue weighted by atomic mass is 10.2. The fraction of sp³-hybridized carbons (Fsp3) is 0.125. The van der Waals surface area contributed by atoms with E-state index in [-0.39, 0.29) is 24.0 Å². The van der Waals surface area contributed by atoms with Crippen molar-refractivity contribution in [2.24, 2.45) is 5.10 Å². The summed E-state index contributed by atoms with van der Waals surface area (Å²) in [7, 11) is 0. The van der Waals surface area contributed by atoms with E-state index >= 15 is 0 Å². The van der Waals surface area contributed by atoms with Gasteiger partial charge in [0.05, 0.1) is 12.8 Å². The van der Waals surface area contributed by atoms with Gasteiger partial charge >= 0.3 is 0 Å². The van der Waals surface area contributed by atoms with E-state index in [0.29, 0.717) is 10.6 Å². The van der Waals surface area contributed by atoms with E-state index in [4.69, 9.17) is 11.6 Å². The smallest absolute Gasteiger partial charge is 0.259 e. The molecule has 0 aliphatic carbocycles. The number of nitrogens with zero attached hydrogens (tertiary/aromatic N) is 1. The highest BCUT2D eigenvalue weighted by Gasteiger charge is 2.03. The van der Waals surface area contributed by atoms with Crippen LogP contribution in [0.3, 0.4) is 0 Å². The number of hydrogen-bond donors (Lipinski definition) is 4. The average Bonchev–Trinajstić information content (AvgIpc) is 2.48. The molecule has 0 saturated heterocycles. The highest BCUT2D eigenvalue weighted by atomic mass is 35.5. The Bertz CT molecular complexity index is 747. The van der Waals surface area contributed by atoms with Gasteiger partial charge in [0.25, 0.3) is 5.91 Å². The van der Waals surface area contributed by atoms with Crippen molar-refractivity contribution in [3.8, 4) is 11.5 Å². The molecule has 0 aromatic heterocycles. The lowest BCUT2D eigenvalue weighted by Crippen LogP contribution is -2.26. The third kappa shape index (κ3) is 4.89. The highest BCUT2D eigenvalue weighted by Crippen LogP contribution is 2.21. The summed E-state index contributed by atoms with van der Waals surface area (Å²) in [5, 5.41) is 26.1. The number of halogens is 1. The predicted octanol–water partition coefficient (Wildman–Crippen LogP) is 2.62. The second-order valence-corrected chi connectivity index (χ2v) is 5.29. The number of hydrazone groups is 1. The molecule has 0 atom stereocenters. The number of phenols is 2. The van der Waals surface area contributed by atoms with Crippen LogP contribution in [0, 0.1) is 6.92 Å². The van der Waals surface area contributed by atoms with Crippen LogP contribution in [0.5, 0.6) is 11.5 Å². The Morgan fingerprint density at radius 1 is 1.26 bits per heavy atom. The zero-order chi connectivity index (χ0) is 16.8. The topological polar surface area (TPSA) is 94.0 Å². The first-order chi connectivity index (χ1) is 11.0. The Morgan fingerprint density at radius 2 is 2.04 bits per heavy atom. The van der Waals surface area contributed by atoms with Gasteiger partial charge in [0.1, 0.15) is 11.5 Å². The van der Waals surface area contributed by atoms with Crippen LogP contribution in [-0.2, 0) is 4.79 Å². The van der Waals surface area contributed by atoms with E-state index in [2.05, 4.69) is 15.8 Å². The summed E-state index contributed by atoms with van der Waals surface area (Å²) in [6, 6.07) is 9.41. The largest absolute Gasteiger partial charge is 0.508 e. The van der Waals surface area contributed by atoms with Gasteiger partial charge in [-0.3, -0.25) is 4.79 Å². The molecule has 0 bridgehead atoms. The van der Waals surface area contributed by atoms with Gasteiger partial charge in [-0.15, -0.1) is 0 Å². The Balaban J connectivity index is 1.86. The molecule has 120 valence electrons. The first-order valence-corrected chi connectivity index (χ1v) is 7.17. The van der Waals surface area contributed by atoms with Gasteiger partial charge < -0.3 is 15.5 Å². The van der Waals surface area contributed by atoms with Crippen LogP contribution in [0.15, 0.2) is 41.5 Å². The molecule has 0 fully saturated rings. The monoisotopic (exact) mass is 333 g/mol. The van der Waals surface area contributed by atoms with E-state index in [1.54, 1.807) is 18.2 Å². The van der Waals surface area contributed by atoms with E-state index in [0.717, 1.165) is 11.3 Å². The quantitative estimate of drug-likeness (QED) is 0.500. The van der Waals surface area contributed by atoms with Crippen LogP contribution in [0.25, 0.3) is 0 Å². The van der Waals surface area contributed by atoms with Crippen molar-refractivity contribution in [3.05, 3.63) is 52.5 Å². The maximum atomic E-state index is 11.7. The van der Waals surface area contributed by atoms with Crippen molar-refractivity contribution in [2.75, 3.05) is 11.9 Å². The maximum Gasteiger partial charge on any atom is 0.259 e. The van der Waals surface area contributed by atoms with Gasteiger partial charge in [-0.1, -0.05) is 11.6 Å². The van der Waals surface area contributed by atoms with Gasteiger partial charge in [0.2, 0.25) is 0 Å². The van der Waals surface area contributed by atoms with E-state index in [1.165, 1.54) is 24.4 Å². The second kappa shape index (κ2) is 7.51. The van der Waals surface area contributed by atoms with Gasteiger partial charge in [-0.05, 0) is 42.8 Å². The van der Waals surface area contributed by atoms with E-state index in [1.807, 2.05) is 6.92 Å². The zero-order valence-electron chi connectivity index (χ0n) is 12.4. The molecular weight excluding hydrogens is 318 g/mol. The molecule has 2 aromatic rings. The Hall–Kier alpha value is -2.73. The fourth-order valence-electron chi connectivity index (χ4n) is 1.86. The van der Waals surface area contributed by atoms with Crippen LogP contribution >= 0.6 is 11.6 Å². The van der Waals surface area contributed by atoms with Crippen molar-refractivity contribution >= 4 is 29.4 Å². The number of benzene rings is 2. The second-order valence-electron chi connectivity index (χ2n) is 4.85. The molecule has 1 amide bonds. The third-order valence-electron chi connectivity index (χ3n) is 3.03. The van der Waals surface area contributed by atoms with Crippen molar-refractivity contribution in [1.82, 2.24) is 5.43 Å². The molecule has 4 N–H and O–H groups in total. The number of carbonyl (C=O) groups is 1. The van der Waals surface area contributed by atoms with Crippen molar-refractivity contribution in [3.63, 3.8) is 0 Å². The molecule has 0 aliphatic heterocycles. The van der Waals surface area contributed by atoms with Gasteiger partial charge in [-0.25, -0.2) is 5.43 Å². The summed E-state index contributed by atoms with van der Waals surface area (Å²) < 4.78 is 0. The number of phenolic OH excluding ortho intramolecular Hbond substituents is 2. The molecule has 0 saturated carbocycles. The van der Waals surface area contributed by atoms with Crippen LogP contribution < -0.4 is 10.7 Å². The number of carbonyl (C=O) groups excluding carboxylic acids is 1. The molecule has 0 radical (unpaired) electrons. The summed E-state index contributed by atoms with van der Waals surface area (Å²) in [5.41, 5.74) is 4.46. The van der Waals surface area contributed by atoms with Crippen molar-refractivity contribution in [1.29, 1.82) is 0 Å². The number of nitrogens with one attached hydrogen (secondary N) is 2. The van der Waals surface area contributed by atoms with Crippen LogP contribution in [0.1, 0.15) is 11.1 Å². The lowest BCUT2D eigenvalue weighted by Gasteiger charge is -2.08. The number of amides is 1. The van der Waals surface area contributed by atoms with Gasteiger partial charge in [0.15, 0.2) is 0 Å². The Kier molecular flexibility index (Phi) is 5.43. The molecule has 0 unspecified atom stereocenters. The summed E-state index contributed by atoms with van der Waals surface area (Å²) in [6.07, 6.45) is 1.29. The summed E-state index contributed by atoms with van der Waals surface area (Å²) in [5.74, 6) is -0.516. The minimum Gasteiger partial charge on any atom is -0.508 e. The van der Waals surface area contributed by atoms with Gasteiger partial charge in [0, 0.05) is 22.3 Å². The Labute approximate surface area is 138 Å². The molecule has 0 aliphatic rings. The van der Waals surface area contributed by atoms with E-state index < -0.39 is 0 Å². The number of rotatable bonds is 5. The third-order valence-corrected chi connectivity index (χ3v) is 3.27. The highest BCUT2D eigenvalue weighted by molar-refractivity contribution is 6.30. The maximum absolute atomic E-state index is 11.7. The molecular formula is C16H16ClN3O3. The minimum atomic E-state index is -0.339. The van der Waals surface area contributed by atoms with Crippen LogP contribution in [-0.4, -0.2) is 28.9 Å². The fourth-order valence-corrected chi connectivity index (χ4v) is 2.08. The first-order valence-electron chi connectivity index (χ1n) is 6.79. The molecule has 2 aromatic carbocycles. The van der Waals surface area contributed by atoms with Crippen molar-refractivity contribution in [2.45, 2.75) is 6.92 Å². The number of aromatic hydroxyl groups is 2. The minimum absolute atomic E-state index is 0.0430. The van der Waals surface area contributed by atoms with Crippen molar-refractivity contribution < 1.29 is 15.0 Å². The number of anilines is 1. The summed E-state index contributed by atoms with van der Waals surface area (Å²) in [6.45, 7) is 1.93. The summed E-state index contributed by atoms with van der Waals surface area (Å²) in [4.78, 5) is 11.7. The number of aryl methyl sites for hydroxylation is 1. The number of hydrogen-bond acceptors (Lipinski definition) is 5. The SMILES string of the molecule is Cc1cc(Cl)ccc1NCC(=O)N/N=C/c1ccc(O)cc1O. The standard InChI is InChI=1S/C16H16ClN3O3/c1-10-6-12(17)3-5-14(10)18-9-16(23)20-19-8-11-2-4-13(21)7-15(11)22/h2-8,18,21-22H,9H2,1H3,(H,20,23)/b19-8+. The first kappa shape index (κ1) is 16.6. The molecule has 2 rings (SSSR count). The molecule has 6 nitrogen and oxygen atoms in total. The predicted molar refractivity (Wildman–Crippen MR) is 90.2 cm³/mol. The molecule has 23 heavy (non-hydrogen) atoms. The summed E-state index contributed by atoms with van der Waals surface area (Å²) >= 11 is 5.87. The molecule has 0 spiro atoms. The van der Waals surface area contributed by atoms with E-state index in [9.17, 15) is 15.0 Å². The average molecular weight is 334 g/mol. The molecule has 0 heterocycles. The van der Waals surface area contributed by atoms with Crippen LogP contribution in [0.4, 0.5) is 5.69 Å². The van der Waals surface area contributed by atoms with Gasteiger partial charge in [-0.2, -0.15) is 5.10 Å². The normalized spacial score (nSPS) is 10.7. The lowest BCUT2D eigenvalue weighted by molar-refractivity contribution is -0.119. The zero-order valence-corrected chi connectivity index (χ0v) is 13.1. The molecule has 7 heteroatoms. The van der Waals surface area contributed by atoms with Crippen LogP contribution in [0.2, 0.25) is 5.02 Å².